The van der Waals surface area contributed by atoms with Crippen LogP contribution in [0.15, 0.2) is 53.5 Å². The van der Waals surface area contributed by atoms with E-state index in [9.17, 15) is 9.59 Å². The molecule has 1 aliphatic carbocycles. The quantitative estimate of drug-likeness (QED) is 0.238. The second-order valence-corrected chi connectivity index (χ2v) is 9.60. The minimum absolute atomic E-state index is 0.113. The van der Waals surface area contributed by atoms with Gasteiger partial charge < -0.3 is 14.8 Å². The first-order valence-electron chi connectivity index (χ1n) is 11.0. The van der Waals surface area contributed by atoms with Gasteiger partial charge in [-0.15, -0.1) is 28.1 Å². The minimum atomic E-state index is -0.487. The van der Waals surface area contributed by atoms with Crippen molar-refractivity contribution in [1.82, 2.24) is 14.8 Å². The van der Waals surface area contributed by atoms with Gasteiger partial charge in [-0.3, -0.25) is 9.36 Å². The molecule has 0 unspecified atom stereocenters. The largest absolute Gasteiger partial charge is 0.490 e. The van der Waals surface area contributed by atoms with E-state index >= 15 is 0 Å². The molecular formula is C24H26N4O4S2. The Labute approximate surface area is 206 Å². The fourth-order valence-corrected chi connectivity index (χ4v) is 5.29. The maximum atomic E-state index is 12.5. The summed E-state index contributed by atoms with van der Waals surface area (Å²) < 4.78 is 12.7. The van der Waals surface area contributed by atoms with Crippen molar-refractivity contribution in [3.63, 3.8) is 0 Å². The highest BCUT2D eigenvalue weighted by Gasteiger charge is 2.19. The van der Waals surface area contributed by atoms with E-state index in [1.165, 1.54) is 43.1 Å². The number of nitrogens with zero attached hydrogens (tertiary/aromatic N) is 3. The van der Waals surface area contributed by atoms with E-state index in [2.05, 4.69) is 22.1 Å². The predicted molar refractivity (Wildman–Crippen MR) is 134 cm³/mol. The van der Waals surface area contributed by atoms with Crippen LogP contribution in [-0.4, -0.2) is 45.6 Å². The lowest BCUT2D eigenvalue weighted by atomic mass is 10.2. The van der Waals surface area contributed by atoms with E-state index in [0.29, 0.717) is 34.2 Å². The van der Waals surface area contributed by atoms with Crippen LogP contribution in [0.4, 0.5) is 5.00 Å². The number of amides is 1. The number of methoxy groups -OCH3 is 1. The Morgan fingerprint density at radius 2 is 2.00 bits per heavy atom. The van der Waals surface area contributed by atoms with Crippen LogP contribution in [0.1, 0.15) is 36.0 Å². The third kappa shape index (κ3) is 5.68. The third-order valence-electron chi connectivity index (χ3n) is 5.40. The molecule has 0 spiro atoms. The average Bonchev–Trinajstić information content (AvgIpc) is 3.60. The van der Waals surface area contributed by atoms with Crippen LogP contribution in [0.5, 0.6) is 5.75 Å². The maximum absolute atomic E-state index is 12.5. The molecule has 1 amide bonds. The second kappa shape index (κ2) is 11.3. The number of benzene rings is 1. The number of nitrogens with one attached hydrogen (secondary N) is 1. The standard InChI is InChI=1S/C24H26N4O4S2/c1-3-13-28-21(16-8-10-18(11-9-16)32-17-6-4-5-7-17)26-27-24(28)34-15-20(29)25-22-19(12-14-33-22)23(30)31-2/h3,8-12,14,17H,1,4-7,13,15H2,2H3,(H,25,29). The highest BCUT2D eigenvalue weighted by Crippen LogP contribution is 2.29. The number of aromatic nitrogens is 3. The zero-order chi connectivity index (χ0) is 23.9. The first-order valence-corrected chi connectivity index (χ1v) is 12.8. The molecule has 10 heteroatoms. The van der Waals surface area contributed by atoms with E-state index in [0.717, 1.165) is 24.2 Å². The summed E-state index contributed by atoms with van der Waals surface area (Å²) in [5.74, 6) is 0.931. The van der Waals surface area contributed by atoms with Crippen molar-refractivity contribution in [2.75, 3.05) is 18.2 Å². The van der Waals surface area contributed by atoms with Gasteiger partial charge in [0.1, 0.15) is 10.8 Å². The van der Waals surface area contributed by atoms with Crippen molar-refractivity contribution in [1.29, 1.82) is 0 Å². The topological polar surface area (TPSA) is 95.3 Å². The molecular weight excluding hydrogens is 472 g/mol. The molecule has 3 aromatic rings. The van der Waals surface area contributed by atoms with Gasteiger partial charge in [0.15, 0.2) is 11.0 Å². The number of ether oxygens (including phenoxy) is 2. The fourth-order valence-electron chi connectivity index (χ4n) is 3.75. The SMILES string of the molecule is C=CCn1c(SCC(=O)Nc2sccc2C(=O)OC)nnc1-c1ccc(OC2CCCC2)cc1. The Kier molecular flexibility index (Phi) is 8.02. The number of thiophene rings is 1. The van der Waals surface area contributed by atoms with Gasteiger partial charge >= 0.3 is 5.97 Å². The van der Waals surface area contributed by atoms with Crippen molar-refractivity contribution in [2.45, 2.75) is 43.5 Å². The van der Waals surface area contributed by atoms with E-state index in [1.54, 1.807) is 17.5 Å². The van der Waals surface area contributed by atoms with E-state index in [4.69, 9.17) is 9.47 Å². The smallest absolute Gasteiger partial charge is 0.340 e. The number of rotatable bonds is 10. The Hall–Kier alpha value is -3.11. The monoisotopic (exact) mass is 498 g/mol. The van der Waals surface area contributed by atoms with Crippen LogP contribution in [-0.2, 0) is 16.1 Å². The minimum Gasteiger partial charge on any atom is -0.490 e. The number of hydrogen-bond donors (Lipinski definition) is 1. The van der Waals surface area contributed by atoms with Crippen molar-refractivity contribution in [2.24, 2.45) is 0 Å². The number of esters is 1. The van der Waals surface area contributed by atoms with Crippen molar-refractivity contribution >= 4 is 40.0 Å². The van der Waals surface area contributed by atoms with E-state index in [-0.39, 0.29) is 11.7 Å². The Morgan fingerprint density at radius 3 is 2.71 bits per heavy atom. The van der Waals surface area contributed by atoms with Crippen LogP contribution in [0.3, 0.4) is 0 Å². The van der Waals surface area contributed by atoms with Gasteiger partial charge in [-0.25, -0.2) is 4.79 Å². The lowest BCUT2D eigenvalue weighted by Gasteiger charge is -2.13. The molecule has 0 atom stereocenters. The van der Waals surface area contributed by atoms with Crippen LogP contribution in [0.25, 0.3) is 11.4 Å². The Morgan fingerprint density at radius 1 is 1.24 bits per heavy atom. The van der Waals surface area contributed by atoms with Crippen LogP contribution < -0.4 is 10.1 Å². The number of allylic oxidation sites excluding steroid dienone is 1. The van der Waals surface area contributed by atoms with Gasteiger partial charge in [0.2, 0.25) is 5.91 Å². The van der Waals surface area contributed by atoms with E-state index in [1.807, 2.05) is 28.8 Å². The van der Waals surface area contributed by atoms with Gasteiger partial charge in [0, 0.05) is 12.1 Å². The number of carbonyl (C=O) groups excluding carboxylic acids is 2. The molecule has 1 aromatic carbocycles. The molecule has 2 heterocycles. The summed E-state index contributed by atoms with van der Waals surface area (Å²) in [7, 11) is 1.31. The first kappa shape index (κ1) is 24.0. The predicted octanol–water partition coefficient (Wildman–Crippen LogP) is 5.03. The van der Waals surface area contributed by atoms with Gasteiger partial charge in [-0.1, -0.05) is 17.8 Å². The maximum Gasteiger partial charge on any atom is 0.340 e. The molecule has 0 aliphatic heterocycles. The molecule has 0 radical (unpaired) electrons. The Bertz CT molecular complexity index is 1150. The molecule has 0 bridgehead atoms. The molecule has 4 rings (SSSR count). The molecule has 178 valence electrons. The summed E-state index contributed by atoms with van der Waals surface area (Å²) >= 11 is 2.54. The number of carbonyl (C=O) groups is 2. The lowest BCUT2D eigenvalue weighted by Crippen LogP contribution is -2.16. The summed E-state index contributed by atoms with van der Waals surface area (Å²) in [5.41, 5.74) is 1.24. The van der Waals surface area contributed by atoms with Gasteiger partial charge in [0.25, 0.3) is 0 Å². The Balaban J connectivity index is 1.42. The number of thioether (sulfide) groups is 1. The van der Waals surface area contributed by atoms with Crippen LogP contribution in [0.2, 0.25) is 0 Å². The van der Waals surface area contributed by atoms with Crippen LogP contribution >= 0.6 is 23.1 Å². The second-order valence-electron chi connectivity index (χ2n) is 7.75. The average molecular weight is 499 g/mol. The fraction of sp³-hybridized carbons (Fsp3) is 0.333. The molecule has 1 aliphatic rings. The summed E-state index contributed by atoms with van der Waals surface area (Å²) in [5, 5.41) is 14.2. The van der Waals surface area contributed by atoms with Crippen LogP contribution in [0, 0.1) is 0 Å². The molecule has 8 nitrogen and oxygen atoms in total. The molecule has 1 N–H and O–H groups in total. The molecule has 2 aromatic heterocycles. The number of hydrogen-bond acceptors (Lipinski definition) is 8. The zero-order valence-electron chi connectivity index (χ0n) is 18.9. The summed E-state index contributed by atoms with van der Waals surface area (Å²) in [6.45, 7) is 4.34. The molecule has 34 heavy (non-hydrogen) atoms. The highest BCUT2D eigenvalue weighted by molar-refractivity contribution is 7.99. The zero-order valence-corrected chi connectivity index (χ0v) is 20.5. The lowest BCUT2D eigenvalue weighted by molar-refractivity contribution is -0.113. The summed E-state index contributed by atoms with van der Waals surface area (Å²) in [6, 6.07) is 9.48. The van der Waals surface area contributed by atoms with Gasteiger partial charge in [-0.05, 0) is 61.4 Å². The summed E-state index contributed by atoms with van der Waals surface area (Å²) in [4.78, 5) is 24.3. The van der Waals surface area contributed by atoms with E-state index < -0.39 is 5.97 Å². The van der Waals surface area contributed by atoms with Crippen molar-refractivity contribution < 1.29 is 19.1 Å². The molecule has 1 saturated carbocycles. The van der Waals surface area contributed by atoms with Crippen molar-refractivity contribution in [3.8, 4) is 17.1 Å². The molecule has 0 saturated heterocycles. The number of anilines is 1. The third-order valence-corrected chi connectivity index (χ3v) is 7.20. The van der Waals surface area contributed by atoms with Gasteiger partial charge in [0.05, 0.1) is 24.5 Å². The first-order chi connectivity index (χ1) is 16.6. The summed E-state index contributed by atoms with van der Waals surface area (Å²) in [6.07, 6.45) is 6.75. The van der Waals surface area contributed by atoms with Crippen molar-refractivity contribution in [3.05, 3.63) is 53.9 Å². The molecule has 1 fully saturated rings. The highest BCUT2D eigenvalue weighted by atomic mass is 32.2. The van der Waals surface area contributed by atoms with Gasteiger partial charge in [-0.2, -0.15) is 0 Å². The normalized spacial score (nSPS) is 13.6.